The molecule has 0 spiro atoms. The minimum atomic E-state index is 0.549. The van der Waals surface area contributed by atoms with Gasteiger partial charge in [0, 0.05) is 23.9 Å². The van der Waals surface area contributed by atoms with Gasteiger partial charge in [-0.05, 0) is 22.6 Å². The largest absolute Gasteiger partial charge is 0.310 e. The lowest BCUT2D eigenvalue weighted by atomic mass is 10.1. The van der Waals surface area contributed by atoms with Gasteiger partial charge in [-0.1, -0.05) is 44.2 Å². The summed E-state index contributed by atoms with van der Waals surface area (Å²) >= 11 is 1.86. The molecule has 0 fully saturated rings. The van der Waals surface area contributed by atoms with E-state index in [2.05, 4.69) is 60.9 Å². The molecule has 0 bridgehead atoms. The third-order valence-electron chi connectivity index (χ3n) is 2.64. The molecule has 0 atom stereocenters. The van der Waals surface area contributed by atoms with Gasteiger partial charge < -0.3 is 5.32 Å². The van der Waals surface area contributed by atoms with Crippen LogP contribution in [0.5, 0.6) is 0 Å². The molecule has 2 rings (SSSR count). The van der Waals surface area contributed by atoms with Crippen molar-refractivity contribution in [1.82, 2.24) is 5.32 Å². The molecule has 0 amide bonds. The van der Waals surface area contributed by atoms with Gasteiger partial charge in [-0.2, -0.15) is 0 Å². The van der Waals surface area contributed by atoms with Crippen LogP contribution in [0.1, 0.15) is 29.9 Å². The van der Waals surface area contributed by atoms with E-state index in [1.165, 1.54) is 16.0 Å². The summed E-state index contributed by atoms with van der Waals surface area (Å²) in [5.74, 6) is 0. The Morgan fingerprint density at radius 3 is 2.59 bits per heavy atom. The minimum absolute atomic E-state index is 0.549. The lowest BCUT2D eigenvalue weighted by Crippen LogP contribution is -2.21. The van der Waals surface area contributed by atoms with Crippen molar-refractivity contribution in [2.45, 2.75) is 32.9 Å². The first-order valence-corrected chi connectivity index (χ1v) is 6.95. The summed E-state index contributed by atoms with van der Waals surface area (Å²) in [4.78, 5) is 1.44. The van der Waals surface area contributed by atoms with E-state index in [1.54, 1.807) is 0 Å². The first-order valence-electron chi connectivity index (χ1n) is 6.07. The monoisotopic (exact) mass is 245 g/mol. The van der Waals surface area contributed by atoms with Gasteiger partial charge in [-0.15, -0.1) is 11.3 Å². The molecule has 1 aromatic heterocycles. The minimum Gasteiger partial charge on any atom is -0.310 e. The summed E-state index contributed by atoms with van der Waals surface area (Å²) in [6.45, 7) is 5.33. The first kappa shape index (κ1) is 12.3. The molecule has 17 heavy (non-hydrogen) atoms. The third kappa shape index (κ3) is 3.99. The van der Waals surface area contributed by atoms with Crippen LogP contribution in [0.2, 0.25) is 0 Å². The molecule has 0 saturated heterocycles. The van der Waals surface area contributed by atoms with Crippen molar-refractivity contribution < 1.29 is 0 Å². The van der Waals surface area contributed by atoms with Gasteiger partial charge in [0.05, 0.1) is 0 Å². The normalized spacial score (nSPS) is 11.0. The molecule has 0 radical (unpaired) electrons. The van der Waals surface area contributed by atoms with E-state index < -0.39 is 0 Å². The summed E-state index contributed by atoms with van der Waals surface area (Å²) in [6.07, 6.45) is 1.05. The van der Waals surface area contributed by atoms with E-state index in [1.807, 2.05) is 11.3 Å². The van der Waals surface area contributed by atoms with Crippen LogP contribution in [0.4, 0.5) is 0 Å². The highest BCUT2D eigenvalue weighted by atomic mass is 32.1. The van der Waals surface area contributed by atoms with E-state index in [9.17, 15) is 0 Å². The molecule has 1 heterocycles. The van der Waals surface area contributed by atoms with E-state index >= 15 is 0 Å². The maximum atomic E-state index is 3.45. The number of hydrogen-bond donors (Lipinski definition) is 1. The maximum Gasteiger partial charge on any atom is 0.0216 e. The Hall–Kier alpha value is -1.12. The first-order chi connectivity index (χ1) is 8.24. The van der Waals surface area contributed by atoms with Gasteiger partial charge in [0.2, 0.25) is 0 Å². The van der Waals surface area contributed by atoms with Gasteiger partial charge in [0.15, 0.2) is 0 Å². The van der Waals surface area contributed by atoms with Crippen LogP contribution in [0, 0.1) is 0 Å². The second-order valence-electron chi connectivity index (χ2n) is 4.62. The standard InChI is InChI=1S/C15H19NS/c1-12(2)16-10-14-9-15(17-11-14)8-13-6-4-3-5-7-13/h3-7,9,11-12,16H,8,10H2,1-2H3. The molecule has 90 valence electrons. The number of nitrogens with one attached hydrogen (secondary N) is 1. The zero-order valence-electron chi connectivity index (χ0n) is 10.4. The number of rotatable bonds is 5. The van der Waals surface area contributed by atoms with Crippen LogP contribution >= 0.6 is 11.3 Å². The van der Waals surface area contributed by atoms with Crippen LogP contribution < -0.4 is 5.32 Å². The molecular formula is C15H19NS. The maximum absolute atomic E-state index is 3.45. The summed E-state index contributed by atoms with van der Waals surface area (Å²) in [7, 11) is 0. The van der Waals surface area contributed by atoms with E-state index in [4.69, 9.17) is 0 Å². The van der Waals surface area contributed by atoms with Crippen LogP contribution in [-0.4, -0.2) is 6.04 Å². The number of thiophene rings is 1. The molecule has 2 heteroatoms. The third-order valence-corrected chi connectivity index (χ3v) is 3.63. The molecule has 0 aliphatic rings. The molecule has 0 aliphatic carbocycles. The average molecular weight is 245 g/mol. The smallest absolute Gasteiger partial charge is 0.0216 e. The Morgan fingerprint density at radius 1 is 1.12 bits per heavy atom. The molecule has 0 saturated carbocycles. The zero-order valence-corrected chi connectivity index (χ0v) is 11.3. The van der Waals surface area contributed by atoms with Crippen molar-refractivity contribution >= 4 is 11.3 Å². The topological polar surface area (TPSA) is 12.0 Å². The molecule has 1 nitrogen and oxygen atoms in total. The molecule has 2 aromatic rings. The lowest BCUT2D eigenvalue weighted by molar-refractivity contribution is 0.589. The Morgan fingerprint density at radius 2 is 1.88 bits per heavy atom. The fraction of sp³-hybridized carbons (Fsp3) is 0.333. The van der Waals surface area contributed by atoms with Gasteiger partial charge in [-0.3, -0.25) is 0 Å². The Kier molecular flexibility index (Phi) is 4.35. The average Bonchev–Trinajstić information content (AvgIpc) is 2.75. The van der Waals surface area contributed by atoms with E-state index in [0.717, 1.165) is 13.0 Å². The van der Waals surface area contributed by atoms with Gasteiger partial charge in [0.25, 0.3) is 0 Å². The highest BCUT2D eigenvalue weighted by Gasteiger charge is 2.01. The van der Waals surface area contributed by atoms with Gasteiger partial charge in [0.1, 0.15) is 0 Å². The highest BCUT2D eigenvalue weighted by molar-refractivity contribution is 7.10. The van der Waals surface area contributed by atoms with Gasteiger partial charge in [-0.25, -0.2) is 0 Å². The predicted molar refractivity (Wildman–Crippen MR) is 75.5 cm³/mol. The summed E-state index contributed by atoms with van der Waals surface area (Å²) in [5, 5.41) is 5.70. The fourth-order valence-corrected chi connectivity index (χ4v) is 2.65. The summed E-state index contributed by atoms with van der Waals surface area (Å²) in [5.41, 5.74) is 2.78. The van der Waals surface area contributed by atoms with Crippen LogP contribution in [0.25, 0.3) is 0 Å². The Labute approximate surface area is 108 Å². The summed E-state index contributed by atoms with van der Waals surface area (Å²) in [6, 6.07) is 13.5. The Bertz CT molecular complexity index is 445. The van der Waals surface area contributed by atoms with Crippen molar-refractivity contribution in [1.29, 1.82) is 0 Å². The van der Waals surface area contributed by atoms with Crippen molar-refractivity contribution in [2.24, 2.45) is 0 Å². The van der Waals surface area contributed by atoms with Crippen LogP contribution in [0.3, 0.4) is 0 Å². The highest BCUT2D eigenvalue weighted by Crippen LogP contribution is 2.18. The predicted octanol–water partition coefficient (Wildman–Crippen LogP) is 3.84. The van der Waals surface area contributed by atoms with E-state index in [-0.39, 0.29) is 0 Å². The molecule has 1 N–H and O–H groups in total. The second kappa shape index (κ2) is 5.99. The zero-order chi connectivity index (χ0) is 12.1. The number of hydrogen-bond acceptors (Lipinski definition) is 2. The number of benzene rings is 1. The van der Waals surface area contributed by atoms with Crippen LogP contribution in [-0.2, 0) is 13.0 Å². The summed E-state index contributed by atoms with van der Waals surface area (Å²) < 4.78 is 0. The van der Waals surface area contributed by atoms with Crippen molar-refractivity contribution in [3.63, 3.8) is 0 Å². The SMILES string of the molecule is CC(C)NCc1csc(Cc2ccccc2)c1. The van der Waals surface area contributed by atoms with Crippen molar-refractivity contribution in [3.8, 4) is 0 Å². The lowest BCUT2D eigenvalue weighted by Gasteiger charge is -2.05. The van der Waals surface area contributed by atoms with Crippen LogP contribution in [0.15, 0.2) is 41.8 Å². The molecule has 1 aromatic carbocycles. The van der Waals surface area contributed by atoms with Crippen molar-refractivity contribution in [3.05, 3.63) is 57.8 Å². The molecule has 0 unspecified atom stereocenters. The van der Waals surface area contributed by atoms with Gasteiger partial charge >= 0.3 is 0 Å². The molecule has 0 aliphatic heterocycles. The van der Waals surface area contributed by atoms with Crippen molar-refractivity contribution in [2.75, 3.05) is 0 Å². The quantitative estimate of drug-likeness (QED) is 0.844. The second-order valence-corrected chi connectivity index (χ2v) is 5.62. The molecular weight excluding hydrogens is 226 g/mol. The fourth-order valence-electron chi connectivity index (χ4n) is 1.73. The van der Waals surface area contributed by atoms with E-state index in [0.29, 0.717) is 6.04 Å². The Balaban J connectivity index is 1.94.